The summed E-state index contributed by atoms with van der Waals surface area (Å²) in [5.74, 6) is 1.56. The summed E-state index contributed by atoms with van der Waals surface area (Å²) in [6, 6.07) is 12.9. The Kier molecular flexibility index (Phi) is 5.29. The van der Waals surface area contributed by atoms with Crippen LogP contribution in [0.15, 0.2) is 42.5 Å². The van der Waals surface area contributed by atoms with Gasteiger partial charge in [0.25, 0.3) is 10.2 Å². The SMILES string of the molecule is COc1ccc(Cl)cc1NC[C@@H]1[C@@H](c2ccc(NS(N)(=O)=O)cc2)C1(C)C. The van der Waals surface area contributed by atoms with Gasteiger partial charge >= 0.3 is 0 Å². The van der Waals surface area contributed by atoms with Crippen molar-refractivity contribution < 1.29 is 13.2 Å². The van der Waals surface area contributed by atoms with Crippen molar-refractivity contribution in [2.45, 2.75) is 19.8 Å². The number of anilines is 2. The Balaban J connectivity index is 1.69. The molecule has 0 spiro atoms. The topological polar surface area (TPSA) is 93.4 Å². The third-order valence-electron chi connectivity index (χ3n) is 5.25. The third-order valence-corrected chi connectivity index (χ3v) is 6.01. The highest BCUT2D eigenvalue weighted by Gasteiger charge is 2.57. The van der Waals surface area contributed by atoms with E-state index in [1.807, 2.05) is 24.3 Å². The molecule has 0 radical (unpaired) electrons. The van der Waals surface area contributed by atoms with E-state index in [1.54, 1.807) is 25.3 Å². The number of methoxy groups -OCH3 is 1. The number of hydrogen-bond donors (Lipinski definition) is 3. The maximum atomic E-state index is 11.1. The number of ether oxygens (including phenoxy) is 1. The number of rotatable bonds is 7. The van der Waals surface area contributed by atoms with Crippen molar-refractivity contribution in [3.05, 3.63) is 53.1 Å². The summed E-state index contributed by atoms with van der Waals surface area (Å²) in [5, 5.41) is 9.11. The van der Waals surface area contributed by atoms with Crippen LogP contribution in [-0.2, 0) is 10.2 Å². The molecule has 0 bridgehead atoms. The van der Waals surface area contributed by atoms with Crippen LogP contribution in [-0.4, -0.2) is 22.1 Å². The lowest BCUT2D eigenvalue weighted by Crippen LogP contribution is -2.21. The van der Waals surface area contributed by atoms with Gasteiger partial charge in [-0.2, -0.15) is 8.42 Å². The van der Waals surface area contributed by atoms with E-state index in [4.69, 9.17) is 21.5 Å². The van der Waals surface area contributed by atoms with E-state index in [2.05, 4.69) is 23.9 Å². The summed E-state index contributed by atoms with van der Waals surface area (Å²) >= 11 is 6.09. The molecule has 4 N–H and O–H groups in total. The molecular weight excluding hydrogens is 386 g/mol. The summed E-state index contributed by atoms with van der Waals surface area (Å²) in [4.78, 5) is 0. The molecular formula is C19H24ClN3O3S. The molecule has 0 unspecified atom stereocenters. The highest BCUT2D eigenvalue weighted by atomic mass is 35.5. The van der Waals surface area contributed by atoms with Crippen molar-refractivity contribution in [1.82, 2.24) is 0 Å². The second-order valence-electron chi connectivity index (χ2n) is 7.40. The Morgan fingerprint density at radius 1 is 1.19 bits per heavy atom. The fraction of sp³-hybridized carbons (Fsp3) is 0.368. The normalized spacial score (nSPS) is 20.8. The first-order valence-electron chi connectivity index (χ1n) is 8.60. The van der Waals surface area contributed by atoms with Gasteiger partial charge in [0.1, 0.15) is 5.75 Å². The van der Waals surface area contributed by atoms with Crippen molar-refractivity contribution in [2.24, 2.45) is 16.5 Å². The molecule has 0 aliphatic heterocycles. The number of hydrogen-bond acceptors (Lipinski definition) is 4. The molecule has 0 saturated heterocycles. The molecule has 0 amide bonds. The van der Waals surface area contributed by atoms with Crippen LogP contribution in [0.25, 0.3) is 0 Å². The van der Waals surface area contributed by atoms with Gasteiger partial charge in [-0.1, -0.05) is 37.6 Å². The summed E-state index contributed by atoms with van der Waals surface area (Å²) < 4.78 is 29.9. The van der Waals surface area contributed by atoms with E-state index in [9.17, 15) is 8.42 Å². The summed E-state index contributed by atoms with van der Waals surface area (Å²) in [5.41, 5.74) is 2.63. The Morgan fingerprint density at radius 2 is 1.85 bits per heavy atom. The van der Waals surface area contributed by atoms with Crippen LogP contribution in [0.3, 0.4) is 0 Å². The quantitative estimate of drug-likeness (QED) is 0.648. The molecule has 1 fully saturated rings. The van der Waals surface area contributed by atoms with Gasteiger partial charge in [-0.25, -0.2) is 5.14 Å². The van der Waals surface area contributed by atoms with Crippen molar-refractivity contribution in [3.63, 3.8) is 0 Å². The van der Waals surface area contributed by atoms with Gasteiger partial charge in [0.15, 0.2) is 0 Å². The largest absolute Gasteiger partial charge is 0.495 e. The monoisotopic (exact) mass is 409 g/mol. The first kappa shape index (κ1) is 19.8. The molecule has 1 saturated carbocycles. The van der Waals surface area contributed by atoms with Crippen LogP contribution in [0.1, 0.15) is 25.3 Å². The molecule has 1 aliphatic rings. The zero-order valence-electron chi connectivity index (χ0n) is 15.5. The summed E-state index contributed by atoms with van der Waals surface area (Å²) in [7, 11) is -2.13. The highest BCUT2D eigenvalue weighted by molar-refractivity contribution is 7.90. The highest BCUT2D eigenvalue weighted by Crippen LogP contribution is 2.64. The van der Waals surface area contributed by atoms with E-state index < -0.39 is 10.2 Å². The summed E-state index contributed by atoms with van der Waals surface area (Å²) in [6.07, 6.45) is 0. The number of nitrogens with two attached hydrogens (primary N) is 1. The first-order valence-corrected chi connectivity index (χ1v) is 10.5. The molecule has 146 valence electrons. The van der Waals surface area contributed by atoms with Gasteiger partial charge in [-0.05, 0) is 53.1 Å². The minimum atomic E-state index is -3.76. The predicted molar refractivity (Wildman–Crippen MR) is 110 cm³/mol. The molecule has 27 heavy (non-hydrogen) atoms. The van der Waals surface area contributed by atoms with Crippen LogP contribution < -0.4 is 19.9 Å². The lowest BCUT2D eigenvalue weighted by atomic mass is 10.0. The fourth-order valence-electron chi connectivity index (χ4n) is 3.75. The van der Waals surface area contributed by atoms with Crippen molar-refractivity contribution in [1.29, 1.82) is 0 Å². The smallest absolute Gasteiger partial charge is 0.296 e. The third kappa shape index (κ3) is 4.48. The van der Waals surface area contributed by atoms with Crippen LogP contribution in [0.4, 0.5) is 11.4 Å². The van der Waals surface area contributed by atoms with Crippen molar-refractivity contribution >= 4 is 33.2 Å². The zero-order valence-corrected chi connectivity index (χ0v) is 17.1. The standard InChI is InChI=1S/C19H24ClN3O3S/c1-19(2)15(11-22-16-10-13(20)6-9-17(16)26-3)18(19)12-4-7-14(8-5-12)23-27(21,24)25/h4-10,15,18,22-23H,11H2,1-3H3,(H2,21,24,25)/t15-,18-/m1/s1. The van der Waals surface area contributed by atoms with Gasteiger partial charge in [0, 0.05) is 17.3 Å². The fourth-order valence-corrected chi connectivity index (χ4v) is 4.38. The zero-order chi connectivity index (χ0) is 19.8. The van der Waals surface area contributed by atoms with Crippen LogP contribution in [0, 0.1) is 11.3 Å². The van der Waals surface area contributed by atoms with Crippen LogP contribution in [0.2, 0.25) is 5.02 Å². The van der Waals surface area contributed by atoms with E-state index in [0.29, 0.717) is 22.5 Å². The Hall–Kier alpha value is -1.96. The molecule has 2 atom stereocenters. The molecule has 8 heteroatoms. The summed E-state index contributed by atoms with van der Waals surface area (Å²) in [6.45, 7) is 5.25. The molecule has 0 heterocycles. The number of nitrogens with one attached hydrogen (secondary N) is 2. The van der Waals surface area contributed by atoms with Gasteiger partial charge in [-0.3, -0.25) is 4.72 Å². The molecule has 0 aromatic heterocycles. The Morgan fingerprint density at radius 3 is 2.44 bits per heavy atom. The van der Waals surface area contributed by atoms with Crippen molar-refractivity contribution in [2.75, 3.05) is 23.7 Å². The van der Waals surface area contributed by atoms with Gasteiger partial charge in [-0.15, -0.1) is 0 Å². The van der Waals surface area contributed by atoms with Gasteiger partial charge in [0.2, 0.25) is 0 Å². The Bertz CT molecular complexity index is 930. The molecule has 1 aliphatic carbocycles. The molecule has 2 aromatic rings. The van der Waals surface area contributed by atoms with E-state index in [0.717, 1.165) is 18.0 Å². The predicted octanol–water partition coefficient (Wildman–Crippen LogP) is 3.82. The van der Waals surface area contributed by atoms with Crippen LogP contribution in [0.5, 0.6) is 5.75 Å². The maximum Gasteiger partial charge on any atom is 0.296 e. The molecule has 6 nitrogen and oxygen atoms in total. The van der Waals surface area contributed by atoms with E-state index in [-0.39, 0.29) is 5.41 Å². The second-order valence-corrected chi connectivity index (χ2v) is 9.13. The second kappa shape index (κ2) is 7.22. The minimum Gasteiger partial charge on any atom is -0.495 e. The van der Waals surface area contributed by atoms with Gasteiger partial charge in [0.05, 0.1) is 12.8 Å². The lowest BCUT2D eigenvalue weighted by molar-refractivity contribution is 0.416. The maximum absolute atomic E-state index is 11.1. The molecule has 3 rings (SSSR count). The van der Waals surface area contributed by atoms with E-state index in [1.165, 1.54) is 5.56 Å². The number of halogens is 1. The Labute approximate surface area is 165 Å². The van der Waals surface area contributed by atoms with Gasteiger partial charge < -0.3 is 10.1 Å². The van der Waals surface area contributed by atoms with E-state index >= 15 is 0 Å². The van der Waals surface area contributed by atoms with Crippen LogP contribution >= 0.6 is 11.6 Å². The van der Waals surface area contributed by atoms with Crippen molar-refractivity contribution in [3.8, 4) is 5.75 Å². The number of benzene rings is 2. The average molecular weight is 410 g/mol. The minimum absolute atomic E-state index is 0.133. The lowest BCUT2D eigenvalue weighted by Gasteiger charge is -2.12. The molecule has 2 aromatic carbocycles. The average Bonchev–Trinajstić information content (AvgIpc) is 3.13. The first-order chi connectivity index (χ1) is 12.6.